The Kier molecular flexibility index (Phi) is 6.99. The molecule has 1 aromatic carbocycles. The average molecular weight is 424 g/mol. The van der Waals surface area contributed by atoms with Crippen LogP contribution in [-0.4, -0.2) is 70.8 Å². The number of carbonyl (C=O) groups excluding carboxylic acids is 1. The second-order valence-corrected chi connectivity index (χ2v) is 7.67. The lowest BCUT2D eigenvalue weighted by atomic mass is 10.1. The quantitative estimate of drug-likeness (QED) is 0.820. The highest BCUT2D eigenvalue weighted by atomic mass is 35.5. The first kappa shape index (κ1) is 21.1. The molecular weight excluding hydrogens is 397 g/mol. The van der Waals surface area contributed by atoms with Gasteiger partial charge in [-0.15, -0.1) is 12.4 Å². The first-order valence-electron chi connectivity index (χ1n) is 9.74. The minimum atomic E-state index is 0. The van der Waals surface area contributed by atoms with Gasteiger partial charge < -0.3 is 10.2 Å². The highest BCUT2D eigenvalue weighted by Crippen LogP contribution is 2.23. The van der Waals surface area contributed by atoms with Gasteiger partial charge in [-0.05, 0) is 31.0 Å². The molecule has 1 N–H and O–H groups in total. The number of amides is 1. The first-order chi connectivity index (χ1) is 13.2. The molecule has 0 radical (unpaired) electrons. The van der Waals surface area contributed by atoms with Crippen LogP contribution in [0.5, 0.6) is 0 Å². The number of carbonyl (C=O) groups is 1. The number of halogens is 2. The summed E-state index contributed by atoms with van der Waals surface area (Å²) in [5.74, 6) is 0.0952. The van der Waals surface area contributed by atoms with Gasteiger partial charge in [0.05, 0.1) is 23.1 Å². The summed E-state index contributed by atoms with van der Waals surface area (Å²) in [4.78, 5) is 17.7. The number of rotatable bonds is 4. The Labute approximate surface area is 177 Å². The molecule has 2 aromatic rings. The Morgan fingerprint density at radius 1 is 1.29 bits per heavy atom. The van der Waals surface area contributed by atoms with Crippen molar-refractivity contribution in [2.75, 3.05) is 39.3 Å². The van der Waals surface area contributed by atoms with E-state index in [0.717, 1.165) is 63.5 Å². The summed E-state index contributed by atoms with van der Waals surface area (Å²) in [6, 6.07) is 8.05. The van der Waals surface area contributed by atoms with Gasteiger partial charge in [-0.25, -0.2) is 4.68 Å². The fraction of sp³-hybridized carbons (Fsp3) is 0.500. The van der Waals surface area contributed by atoms with E-state index in [1.54, 1.807) is 6.20 Å². The number of benzene rings is 1. The third-order valence-electron chi connectivity index (χ3n) is 5.61. The maximum Gasteiger partial charge on any atom is 0.257 e. The molecular formula is C20H27Cl2N5O. The molecule has 2 fully saturated rings. The molecule has 1 unspecified atom stereocenters. The highest BCUT2D eigenvalue weighted by molar-refractivity contribution is 6.30. The number of likely N-dealkylation sites (tertiary alicyclic amines) is 1. The van der Waals surface area contributed by atoms with E-state index in [2.05, 4.69) is 22.2 Å². The van der Waals surface area contributed by atoms with Crippen LogP contribution in [0.15, 0.2) is 30.5 Å². The van der Waals surface area contributed by atoms with Crippen molar-refractivity contribution in [3.05, 3.63) is 46.7 Å². The van der Waals surface area contributed by atoms with Crippen LogP contribution in [0, 0.1) is 0 Å². The summed E-state index contributed by atoms with van der Waals surface area (Å²) in [5.41, 5.74) is 2.53. The second-order valence-electron chi connectivity index (χ2n) is 7.23. The molecule has 0 aliphatic carbocycles. The lowest BCUT2D eigenvalue weighted by Gasteiger charge is -2.32. The Hall–Kier alpha value is -1.60. The van der Waals surface area contributed by atoms with E-state index in [0.29, 0.717) is 16.6 Å². The van der Waals surface area contributed by atoms with Crippen molar-refractivity contribution < 1.29 is 4.79 Å². The third kappa shape index (κ3) is 4.20. The van der Waals surface area contributed by atoms with Gasteiger partial charge in [-0.1, -0.05) is 24.6 Å². The highest BCUT2D eigenvalue weighted by Gasteiger charge is 2.32. The van der Waals surface area contributed by atoms with Gasteiger partial charge in [-0.2, -0.15) is 5.10 Å². The van der Waals surface area contributed by atoms with Crippen LogP contribution in [0.2, 0.25) is 5.02 Å². The lowest BCUT2D eigenvalue weighted by Crippen LogP contribution is -2.49. The largest absolute Gasteiger partial charge is 0.337 e. The molecule has 3 heterocycles. The van der Waals surface area contributed by atoms with Crippen LogP contribution in [0.25, 0.3) is 5.69 Å². The molecule has 28 heavy (non-hydrogen) atoms. The van der Waals surface area contributed by atoms with Crippen LogP contribution >= 0.6 is 24.0 Å². The molecule has 152 valence electrons. The van der Waals surface area contributed by atoms with Gasteiger partial charge in [-0.3, -0.25) is 9.69 Å². The number of nitrogens with one attached hydrogen (secondary N) is 1. The predicted octanol–water partition coefficient (Wildman–Crippen LogP) is 2.63. The molecule has 1 amide bonds. The van der Waals surface area contributed by atoms with E-state index in [-0.39, 0.29) is 18.3 Å². The number of aromatic nitrogens is 2. The number of hydrogen-bond acceptors (Lipinski definition) is 4. The predicted molar refractivity (Wildman–Crippen MR) is 114 cm³/mol. The standard InChI is InChI=1S/C20H26ClN5O.ClH/c1-2-19-18(13-23-26(19)16-5-3-4-15(21)12-16)20(27)25-9-6-17(14-25)24-10-7-22-8-11-24;/h3-5,12-13,17,22H,2,6-11,14H2,1H3;1H. The summed E-state index contributed by atoms with van der Waals surface area (Å²) >= 11 is 6.13. The molecule has 0 spiro atoms. The second kappa shape index (κ2) is 9.27. The van der Waals surface area contributed by atoms with Crippen molar-refractivity contribution in [2.24, 2.45) is 0 Å². The number of nitrogens with zero attached hydrogens (tertiary/aromatic N) is 4. The Morgan fingerprint density at radius 2 is 2.07 bits per heavy atom. The summed E-state index contributed by atoms with van der Waals surface area (Å²) in [7, 11) is 0. The molecule has 6 nitrogen and oxygen atoms in total. The van der Waals surface area contributed by atoms with E-state index in [1.165, 1.54) is 0 Å². The molecule has 2 aliphatic heterocycles. The zero-order valence-corrected chi connectivity index (χ0v) is 17.7. The van der Waals surface area contributed by atoms with E-state index in [4.69, 9.17) is 11.6 Å². The number of piperazine rings is 1. The monoisotopic (exact) mass is 423 g/mol. The van der Waals surface area contributed by atoms with Crippen molar-refractivity contribution in [3.63, 3.8) is 0 Å². The number of hydrogen-bond donors (Lipinski definition) is 1. The van der Waals surface area contributed by atoms with Gasteiger partial charge in [0.2, 0.25) is 0 Å². The summed E-state index contributed by atoms with van der Waals surface area (Å²) in [6.45, 7) is 7.90. The minimum Gasteiger partial charge on any atom is -0.337 e. The summed E-state index contributed by atoms with van der Waals surface area (Å²) in [6.07, 6.45) is 3.50. The van der Waals surface area contributed by atoms with Gasteiger partial charge in [0.25, 0.3) is 5.91 Å². The van der Waals surface area contributed by atoms with Crippen molar-refractivity contribution in [3.8, 4) is 5.69 Å². The molecule has 8 heteroatoms. The molecule has 2 aliphatic rings. The van der Waals surface area contributed by atoms with Crippen LogP contribution in [-0.2, 0) is 6.42 Å². The summed E-state index contributed by atoms with van der Waals surface area (Å²) in [5, 5.41) is 8.55. The summed E-state index contributed by atoms with van der Waals surface area (Å²) < 4.78 is 1.84. The smallest absolute Gasteiger partial charge is 0.257 e. The Balaban J connectivity index is 0.00000225. The Bertz CT molecular complexity index is 819. The maximum absolute atomic E-state index is 13.2. The topological polar surface area (TPSA) is 53.4 Å². The van der Waals surface area contributed by atoms with Gasteiger partial charge in [0, 0.05) is 50.3 Å². The fourth-order valence-corrected chi connectivity index (χ4v) is 4.35. The molecule has 1 atom stereocenters. The lowest BCUT2D eigenvalue weighted by molar-refractivity contribution is 0.0772. The van der Waals surface area contributed by atoms with E-state index >= 15 is 0 Å². The normalized spacial score (nSPS) is 20.2. The van der Waals surface area contributed by atoms with Crippen LogP contribution < -0.4 is 5.32 Å². The van der Waals surface area contributed by atoms with Crippen molar-refractivity contribution in [2.45, 2.75) is 25.8 Å². The van der Waals surface area contributed by atoms with Crippen molar-refractivity contribution in [1.82, 2.24) is 24.9 Å². The van der Waals surface area contributed by atoms with E-state index < -0.39 is 0 Å². The molecule has 2 saturated heterocycles. The first-order valence-corrected chi connectivity index (χ1v) is 10.1. The minimum absolute atomic E-state index is 0. The van der Waals surface area contributed by atoms with E-state index in [1.807, 2.05) is 33.8 Å². The van der Waals surface area contributed by atoms with Crippen molar-refractivity contribution >= 4 is 29.9 Å². The SMILES string of the molecule is CCc1c(C(=O)N2CCC(N3CCNCC3)C2)cnn1-c1cccc(Cl)c1.Cl. The molecule has 0 bridgehead atoms. The molecule has 1 aromatic heterocycles. The average Bonchev–Trinajstić information content (AvgIpc) is 3.35. The van der Waals surface area contributed by atoms with Gasteiger partial charge in [0.15, 0.2) is 0 Å². The van der Waals surface area contributed by atoms with Gasteiger partial charge in [0.1, 0.15) is 0 Å². The van der Waals surface area contributed by atoms with Crippen LogP contribution in [0.3, 0.4) is 0 Å². The zero-order valence-electron chi connectivity index (χ0n) is 16.1. The maximum atomic E-state index is 13.2. The molecule has 0 saturated carbocycles. The van der Waals surface area contributed by atoms with Crippen LogP contribution in [0.4, 0.5) is 0 Å². The molecule has 4 rings (SSSR count). The Morgan fingerprint density at radius 3 is 2.79 bits per heavy atom. The van der Waals surface area contributed by atoms with Crippen molar-refractivity contribution in [1.29, 1.82) is 0 Å². The van der Waals surface area contributed by atoms with E-state index in [9.17, 15) is 4.79 Å². The third-order valence-corrected chi connectivity index (χ3v) is 5.84. The van der Waals surface area contributed by atoms with Gasteiger partial charge >= 0.3 is 0 Å². The fourth-order valence-electron chi connectivity index (χ4n) is 4.16. The van der Waals surface area contributed by atoms with Crippen LogP contribution in [0.1, 0.15) is 29.4 Å². The zero-order chi connectivity index (χ0) is 18.8.